The Hall–Kier alpha value is -1.37. The number of nitrogens with zero attached hydrogens (tertiary/aromatic N) is 1. The maximum Gasteiger partial charge on any atom is 0.246 e. The predicted molar refractivity (Wildman–Crippen MR) is 42.9 cm³/mol. The Morgan fingerprint density at radius 2 is 2.08 bits per heavy atom. The van der Waals surface area contributed by atoms with Crippen LogP contribution < -0.4 is 0 Å². The Labute approximate surface area is 70.8 Å². The van der Waals surface area contributed by atoms with Crippen molar-refractivity contribution >= 4 is 0 Å². The molecule has 3 heteroatoms. The Morgan fingerprint density at radius 3 is 2.67 bits per heavy atom. The minimum absolute atomic E-state index is 0.259. The number of aliphatic hydroxyl groups excluding tert-OH is 1. The van der Waals surface area contributed by atoms with Crippen LogP contribution in [0, 0.1) is 11.3 Å². The zero-order valence-corrected chi connectivity index (χ0v) is 6.47. The number of ether oxygens (including phenoxy) is 1. The van der Waals surface area contributed by atoms with Gasteiger partial charge in [-0.15, -0.1) is 0 Å². The van der Waals surface area contributed by atoms with Crippen molar-refractivity contribution in [3.8, 4) is 6.07 Å². The molecule has 0 heterocycles. The van der Waals surface area contributed by atoms with Gasteiger partial charge in [-0.05, 0) is 5.56 Å². The lowest BCUT2D eigenvalue weighted by Crippen LogP contribution is -2.07. The van der Waals surface area contributed by atoms with E-state index in [9.17, 15) is 0 Å². The van der Waals surface area contributed by atoms with E-state index in [0.29, 0.717) is 0 Å². The largest absolute Gasteiger partial charge is 0.356 e. The van der Waals surface area contributed by atoms with E-state index in [2.05, 4.69) is 0 Å². The third kappa shape index (κ3) is 2.70. The van der Waals surface area contributed by atoms with Gasteiger partial charge in [-0.2, -0.15) is 5.26 Å². The van der Waals surface area contributed by atoms with Crippen LogP contribution in [-0.2, 0) is 11.3 Å². The average molecular weight is 163 g/mol. The summed E-state index contributed by atoms with van der Waals surface area (Å²) in [5, 5.41) is 16.9. The molecule has 1 aromatic rings. The van der Waals surface area contributed by atoms with Gasteiger partial charge in [0, 0.05) is 0 Å². The van der Waals surface area contributed by atoms with Crippen LogP contribution in [0.5, 0.6) is 0 Å². The zero-order chi connectivity index (χ0) is 8.81. The third-order valence-corrected chi connectivity index (χ3v) is 1.36. The highest BCUT2D eigenvalue weighted by Crippen LogP contribution is 2.01. The fourth-order valence-electron chi connectivity index (χ4n) is 0.787. The van der Waals surface area contributed by atoms with Crippen LogP contribution in [0.3, 0.4) is 0 Å². The second-order valence-electron chi connectivity index (χ2n) is 2.28. The minimum Gasteiger partial charge on any atom is -0.356 e. The molecule has 0 saturated heterocycles. The third-order valence-electron chi connectivity index (χ3n) is 1.36. The minimum atomic E-state index is -1.33. The first-order valence-corrected chi connectivity index (χ1v) is 3.56. The van der Waals surface area contributed by atoms with Crippen LogP contribution in [0.2, 0.25) is 0 Å². The van der Waals surface area contributed by atoms with Gasteiger partial charge in [0.15, 0.2) is 0 Å². The van der Waals surface area contributed by atoms with E-state index in [1.54, 1.807) is 6.07 Å². The summed E-state index contributed by atoms with van der Waals surface area (Å²) in [5.41, 5.74) is 0.937. The summed E-state index contributed by atoms with van der Waals surface area (Å²) in [4.78, 5) is 0. The van der Waals surface area contributed by atoms with Gasteiger partial charge in [0.2, 0.25) is 6.29 Å². The fourth-order valence-corrected chi connectivity index (χ4v) is 0.787. The van der Waals surface area contributed by atoms with Gasteiger partial charge in [0.25, 0.3) is 0 Å². The molecule has 0 saturated carbocycles. The van der Waals surface area contributed by atoms with Crippen molar-refractivity contribution in [2.24, 2.45) is 0 Å². The van der Waals surface area contributed by atoms with Gasteiger partial charge in [0.05, 0.1) is 6.61 Å². The van der Waals surface area contributed by atoms with Crippen molar-refractivity contribution in [2.75, 3.05) is 0 Å². The van der Waals surface area contributed by atoms with Crippen molar-refractivity contribution in [1.82, 2.24) is 0 Å². The lowest BCUT2D eigenvalue weighted by molar-refractivity contribution is -0.0677. The zero-order valence-electron chi connectivity index (χ0n) is 6.47. The molecule has 0 fully saturated rings. The normalized spacial score (nSPS) is 12.0. The van der Waals surface area contributed by atoms with Crippen molar-refractivity contribution in [3.05, 3.63) is 35.9 Å². The number of benzene rings is 1. The second kappa shape index (κ2) is 4.50. The van der Waals surface area contributed by atoms with Gasteiger partial charge in [0.1, 0.15) is 6.07 Å². The van der Waals surface area contributed by atoms with E-state index in [0.717, 1.165) is 5.56 Å². The first-order chi connectivity index (χ1) is 5.83. The molecule has 1 aromatic carbocycles. The molecule has 1 rings (SSSR count). The van der Waals surface area contributed by atoms with Gasteiger partial charge in [-0.3, -0.25) is 0 Å². The first kappa shape index (κ1) is 8.72. The topological polar surface area (TPSA) is 53.2 Å². The molecule has 0 bridgehead atoms. The van der Waals surface area contributed by atoms with Crippen LogP contribution >= 0.6 is 0 Å². The molecule has 0 aromatic heterocycles. The highest BCUT2D eigenvalue weighted by Gasteiger charge is 1.99. The summed E-state index contributed by atoms with van der Waals surface area (Å²) in [6, 6.07) is 10.9. The quantitative estimate of drug-likeness (QED) is 0.535. The molecule has 0 aliphatic carbocycles. The van der Waals surface area contributed by atoms with E-state index in [-0.39, 0.29) is 6.61 Å². The van der Waals surface area contributed by atoms with Gasteiger partial charge in [-0.1, -0.05) is 30.3 Å². The SMILES string of the molecule is N#CC(O)OCc1ccccc1. The van der Waals surface area contributed by atoms with E-state index in [1.807, 2.05) is 30.3 Å². The summed E-state index contributed by atoms with van der Waals surface area (Å²) >= 11 is 0. The Kier molecular flexibility index (Phi) is 3.27. The van der Waals surface area contributed by atoms with Crippen molar-refractivity contribution in [2.45, 2.75) is 12.9 Å². The second-order valence-corrected chi connectivity index (χ2v) is 2.28. The molecule has 0 spiro atoms. The van der Waals surface area contributed by atoms with Crippen molar-refractivity contribution < 1.29 is 9.84 Å². The molecule has 1 atom stereocenters. The highest BCUT2D eigenvalue weighted by atomic mass is 16.6. The van der Waals surface area contributed by atoms with Crippen LogP contribution in [-0.4, -0.2) is 11.4 Å². The number of aliphatic hydroxyl groups is 1. The highest BCUT2D eigenvalue weighted by molar-refractivity contribution is 5.13. The van der Waals surface area contributed by atoms with Crippen LogP contribution in [0.4, 0.5) is 0 Å². The molecular weight excluding hydrogens is 154 g/mol. The number of hydrogen-bond donors (Lipinski definition) is 1. The van der Waals surface area contributed by atoms with Gasteiger partial charge < -0.3 is 9.84 Å². The summed E-state index contributed by atoms with van der Waals surface area (Å²) in [7, 11) is 0. The molecule has 3 nitrogen and oxygen atoms in total. The lowest BCUT2D eigenvalue weighted by atomic mass is 10.2. The van der Waals surface area contributed by atoms with E-state index in [4.69, 9.17) is 15.1 Å². The molecule has 12 heavy (non-hydrogen) atoms. The maximum absolute atomic E-state index is 8.74. The average Bonchev–Trinajstić information content (AvgIpc) is 2.16. The summed E-state index contributed by atoms with van der Waals surface area (Å²) in [6.07, 6.45) is -1.33. The van der Waals surface area contributed by atoms with Gasteiger partial charge in [-0.25, -0.2) is 0 Å². The summed E-state index contributed by atoms with van der Waals surface area (Å²) < 4.78 is 4.77. The summed E-state index contributed by atoms with van der Waals surface area (Å²) in [5.74, 6) is 0. The number of nitriles is 1. The maximum atomic E-state index is 8.74. The number of rotatable bonds is 3. The van der Waals surface area contributed by atoms with Crippen LogP contribution in [0.25, 0.3) is 0 Å². The van der Waals surface area contributed by atoms with Crippen LogP contribution in [0.1, 0.15) is 5.56 Å². The number of hydrogen-bond acceptors (Lipinski definition) is 3. The monoisotopic (exact) mass is 163 g/mol. The summed E-state index contributed by atoms with van der Waals surface area (Å²) in [6.45, 7) is 0.259. The predicted octanol–water partition coefficient (Wildman–Crippen LogP) is 1.05. The van der Waals surface area contributed by atoms with Crippen LogP contribution in [0.15, 0.2) is 30.3 Å². The molecule has 1 N–H and O–H groups in total. The van der Waals surface area contributed by atoms with E-state index < -0.39 is 6.29 Å². The molecule has 0 aliphatic rings. The molecule has 62 valence electrons. The smallest absolute Gasteiger partial charge is 0.246 e. The van der Waals surface area contributed by atoms with E-state index in [1.165, 1.54) is 0 Å². The molecule has 0 aliphatic heterocycles. The van der Waals surface area contributed by atoms with Gasteiger partial charge >= 0.3 is 0 Å². The molecule has 0 radical (unpaired) electrons. The lowest BCUT2D eigenvalue weighted by Gasteiger charge is -2.03. The first-order valence-electron chi connectivity index (χ1n) is 3.56. The molecule has 1 unspecified atom stereocenters. The fraction of sp³-hybridized carbons (Fsp3) is 0.222. The standard InChI is InChI=1S/C9H9NO2/c10-6-9(11)12-7-8-4-2-1-3-5-8/h1-5,9,11H,7H2. The van der Waals surface area contributed by atoms with Crippen molar-refractivity contribution in [1.29, 1.82) is 5.26 Å². The Morgan fingerprint density at radius 1 is 1.42 bits per heavy atom. The van der Waals surface area contributed by atoms with E-state index >= 15 is 0 Å². The molecular formula is C9H9NO2. The Bertz CT molecular complexity index is 266. The Balaban J connectivity index is 2.40. The van der Waals surface area contributed by atoms with Crippen molar-refractivity contribution in [3.63, 3.8) is 0 Å². The molecule has 0 amide bonds.